The van der Waals surface area contributed by atoms with E-state index in [4.69, 9.17) is 0 Å². The molecule has 0 bridgehead atoms. The van der Waals surface area contributed by atoms with Gasteiger partial charge in [-0.25, -0.2) is 0 Å². The molecule has 0 heterocycles. The summed E-state index contributed by atoms with van der Waals surface area (Å²) in [5.74, 6) is 0.388. The van der Waals surface area contributed by atoms with E-state index < -0.39 is 4.92 Å². The van der Waals surface area contributed by atoms with Crippen LogP contribution in [0.3, 0.4) is 0 Å². The number of aliphatic hydroxyl groups excluding tert-OH is 1. The van der Waals surface area contributed by atoms with E-state index >= 15 is 0 Å². The number of nitrogens with one attached hydrogen (secondary N) is 2. The quantitative estimate of drug-likeness (QED) is 0.503. The minimum Gasteiger partial charge on any atom is -0.391 e. The Hall–Kier alpha value is -1.82. The average Bonchev–Trinajstić information content (AvgIpc) is 3.26. The van der Waals surface area contributed by atoms with Crippen LogP contribution in [0.15, 0.2) is 18.2 Å². The van der Waals surface area contributed by atoms with E-state index in [0.717, 1.165) is 31.5 Å². The van der Waals surface area contributed by atoms with Crippen molar-refractivity contribution in [3.05, 3.63) is 28.3 Å². The largest absolute Gasteiger partial charge is 0.391 e. The second-order valence-electron chi connectivity index (χ2n) is 5.24. The number of nitro groups is 1. The molecule has 6 heteroatoms. The summed E-state index contributed by atoms with van der Waals surface area (Å²) in [5, 5.41) is 27.0. The molecule has 110 valence electrons. The number of hydrogen-bond donors (Lipinski definition) is 3. The Balaban J connectivity index is 2.04. The second-order valence-corrected chi connectivity index (χ2v) is 5.24. The van der Waals surface area contributed by atoms with Crippen LogP contribution < -0.4 is 10.6 Å². The van der Waals surface area contributed by atoms with Gasteiger partial charge in [0, 0.05) is 36.6 Å². The number of hydrogen-bond acceptors (Lipinski definition) is 5. The van der Waals surface area contributed by atoms with E-state index in [1.165, 1.54) is 12.1 Å². The number of benzene rings is 1. The molecule has 1 aromatic carbocycles. The molecule has 0 aliphatic heterocycles. The van der Waals surface area contributed by atoms with Gasteiger partial charge < -0.3 is 15.7 Å². The van der Waals surface area contributed by atoms with Gasteiger partial charge in [0.25, 0.3) is 5.69 Å². The molecule has 1 aliphatic rings. The van der Waals surface area contributed by atoms with Crippen molar-refractivity contribution in [3.63, 3.8) is 0 Å². The maximum Gasteiger partial charge on any atom is 0.273 e. The Labute approximate surface area is 118 Å². The van der Waals surface area contributed by atoms with Crippen molar-refractivity contribution in [1.29, 1.82) is 0 Å². The molecule has 3 N–H and O–H groups in total. The molecular weight excluding hydrogens is 258 g/mol. The van der Waals surface area contributed by atoms with Crippen molar-refractivity contribution < 1.29 is 10.0 Å². The second kappa shape index (κ2) is 6.56. The first kappa shape index (κ1) is 14.6. The van der Waals surface area contributed by atoms with Crippen LogP contribution in [-0.2, 0) is 0 Å². The van der Waals surface area contributed by atoms with E-state index in [1.807, 2.05) is 13.0 Å². The highest BCUT2D eigenvalue weighted by molar-refractivity contribution is 5.63. The fraction of sp³-hybridized carbons (Fsp3) is 0.571. The van der Waals surface area contributed by atoms with Gasteiger partial charge in [-0.05, 0) is 31.2 Å². The van der Waals surface area contributed by atoms with Crippen LogP contribution in [0, 0.1) is 16.0 Å². The zero-order chi connectivity index (χ0) is 14.5. The fourth-order valence-corrected chi connectivity index (χ4v) is 2.06. The lowest BCUT2D eigenvalue weighted by atomic mass is 10.2. The average molecular weight is 279 g/mol. The highest BCUT2D eigenvalue weighted by atomic mass is 16.6. The summed E-state index contributed by atoms with van der Waals surface area (Å²) in [6.07, 6.45) is 2.72. The number of rotatable bonds is 8. The van der Waals surface area contributed by atoms with Crippen molar-refractivity contribution in [3.8, 4) is 0 Å². The molecule has 1 atom stereocenters. The topological polar surface area (TPSA) is 87.4 Å². The zero-order valence-corrected chi connectivity index (χ0v) is 11.6. The number of nitro benzene ring substituents is 1. The molecule has 0 aromatic heterocycles. The molecule has 1 aliphatic carbocycles. The smallest absolute Gasteiger partial charge is 0.273 e. The molecule has 0 spiro atoms. The number of aliphatic hydroxyl groups is 1. The predicted octanol–water partition coefficient (Wildman–Crippen LogP) is 2.60. The van der Waals surface area contributed by atoms with Crippen molar-refractivity contribution in [2.45, 2.75) is 32.3 Å². The highest BCUT2D eigenvalue weighted by Crippen LogP contribution is 2.33. The standard InChI is InChI=1S/C14H21N3O3/c1-2-5-15-11-6-12(8-13(7-11)17(19)20)16-9-14(18)10-3-4-10/h6-8,10,14-16,18H,2-5,9H2,1H3. The lowest BCUT2D eigenvalue weighted by Crippen LogP contribution is -2.21. The van der Waals surface area contributed by atoms with E-state index in [2.05, 4.69) is 10.6 Å². The predicted molar refractivity (Wildman–Crippen MR) is 79.1 cm³/mol. The van der Waals surface area contributed by atoms with Crippen molar-refractivity contribution in [2.24, 2.45) is 5.92 Å². The minimum atomic E-state index is -0.403. The third-order valence-corrected chi connectivity index (χ3v) is 3.39. The SMILES string of the molecule is CCCNc1cc(NCC(O)C2CC2)cc([N+](=O)[O-])c1. The molecule has 2 rings (SSSR count). The first-order valence-corrected chi connectivity index (χ1v) is 7.05. The third kappa shape index (κ3) is 4.09. The fourth-order valence-electron chi connectivity index (χ4n) is 2.06. The summed E-state index contributed by atoms with van der Waals surface area (Å²) in [6.45, 7) is 3.24. The molecule has 0 saturated heterocycles. The summed E-state index contributed by atoms with van der Waals surface area (Å²) in [6, 6.07) is 4.86. The van der Waals surface area contributed by atoms with E-state index in [1.54, 1.807) is 0 Å². The van der Waals surface area contributed by atoms with Gasteiger partial charge in [-0.15, -0.1) is 0 Å². The Morgan fingerprint density at radius 1 is 1.35 bits per heavy atom. The molecule has 1 saturated carbocycles. The molecule has 1 unspecified atom stereocenters. The number of non-ortho nitro benzene ring substituents is 1. The maximum atomic E-state index is 10.9. The first-order chi connectivity index (χ1) is 9.60. The molecule has 6 nitrogen and oxygen atoms in total. The highest BCUT2D eigenvalue weighted by Gasteiger charge is 2.29. The monoisotopic (exact) mass is 279 g/mol. The lowest BCUT2D eigenvalue weighted by Gasteiger charge is -2.13. The molecule has 20 heavy (non-hydrogen) atoms. The lowest BCUT2D eigenvalue weighted by molar-refractivity contribution is -0.384. The van der Waals surface area contributed by atoms with Crippen LogP contribution in [-0.4, -0.2) is 29.2 Å². The maximum absolute atomic E-state index is 10.9. The van der Waals surface area contributed by atoms with Crippen LogP contribution in [0.4, 0.5) is 17.1 Å². The van der Waals surface area contributed by atoms with Crippen LogP contribution in [0.5, 0.6) is 0 Å². The van der Waals surface area contributed by atoms with Gasteiger partial charge in [0.05, 0.1) is 11.0 Å². The Bertz CT molecular complexity index is 475. The van der Waals surface area contributed by atoms with Crippen molar-refractivity contribution >= 4 is 17.1 Å². The Kier molecular flexibility index (Phi) is 4.79. The van der Waals surface area contributed by atoms with Gasteiger partial charge in [-0.2, -0.15) is 0 Å². The van der Waals surface area contributed by atoms with E-state index in [0.29, 0.717) is 18.2 Å². The van der Waals surface area contributed by atoms with Crippen molar-refractivity contribution in [2.75, 3.05) is 23.7 Å². The van der Waals surface area contributed by atoms with Gasteiger partial charge in [0.2, 0.25) is 0 Å². The Morgan fingerprint density at radius 3 is 2.55 bits per heavy atom. The summed E-state index contributed by atoms with van der Waals surface area (Å²) in [4.78, 5) is 10.5. The Morgan fingerprint density at radius 2 is 2.00 bits per heavy atom. The summed E-state index contributed by atoms with van der Waals surface area (Å²) in [7, 11) is 0. The normalized spacial score (nSPS) is 15.7. The first-order valence-electron chi connectivity index (χ1n) is 7.05. The van der Waals surface area contributed by atoms with E-state index in [9.17, 15) is 15.2 Å². The van der Waals surface area contributed by atoms with Gasteiger partial charge >= 0.3 is 0 Å². The van der Waals surface area contributed by atoms with E-state index in [-0.39, 0.29) is 11.8 Å². The van der Waals surface area contributed by atoms with Crippen LogP contribution >= 0.6 is 0 Å². The summed E-state index contributed by atoms with van der Waals surface area (Å²) in [5.41, 5.74) is 1.44. The summed E-state index contributed by atoms with van der Waals surface area (Å²) >= 11 is 0. The molecular formula is C14H21N3O3. The molecule has 1 fully saturated rings. The van der Waals surface area contributed by atoms with Gasteiger partial charge in [0.1, 0.15) is 0 Å². The van der Waals surface area contributed by atoms with Crippen LogP contribution in [0.1, 0.15) is 26.2 Å². The van der Waals surface area contributed by atoms with Crippen molar-refractivity contribution in [1.82, 2.24) is 0 Å². The van der Waals surface area contributed by atoms with Crippen LogP contribution in [0.25, 0.3) is 0 Å². The molecule has 0 amide bonds. The minimum absolute atomic E-state index is 0.0505. The molecule has 1 aromatic rings. The molecule has 0 radical (unpaired) electrons. The van der Waals surface area contributed by atoms with Gasteiger partial charge in [-0.1, -0.05) is 6.92 Å². The third-order valence-electron chi connectivity index (χ3n) is 3.39. The van der Waals surface area contributed by atoms with Crippen LogP contribution in [0.2, 0.25) is 0 Å². The summed E-state index contributed by atoms with van der Waals surface area (Å²) < 4.78 is 0. The van der Waals surface area contributed by atoms with Gasteiger partial charge in [0.15, 0.2) is 0 Å². The number of anilines is 2. The zero-order valence-electron chi connectivity index (χ0n) is 11.6. The van der Waals surface area contributed by atoms with Gasteiger partial charge in [-0.3, -0.25) is 10.1 Å². The number of nitrogens with zero attached hydrogens (tertiary/aromatic N) is 1.